The lowest BCUT2D eigenvalue weighted by Crippen LogP contribution is -2.54. The van der Waals surface area contributed by atoms with Crippen molar-refractivity contribution in [2.45, 2.75) is 84.3 Å². The van der Waals surface area contributed by atoms with Gasteiger partial charge in [-0.05, 0) is 99.0 Å². The lowest BCUT2D eigenvalue weighted by Gasteiger charge is -2.60. The predicted molar refractivity (Wildman–Crippen MR) is 115 cm³/mol. The molecule has 0 aliphatic heterocycles. The third-order valence-corrected chi connectivity index (χ3v) is 10.1. The summed E-state index contributed by atoms with van der Waals surface area (Å²) in [4.78, 5) is 0. The summed E-state index contributed by atoms with van der Waals surface area (Å²) < 4.78 is 1.91. The fourth-order valence-electron chi connectivity index (χ4n) is 8.09. The predicted octanol–water partition coefficient (Wildman–Crippen LogP) is 4.49. The van der Waals surface area contributed by atoms with Crippen LogP contribution < -0.4 is 0 Å². The average Bonchev–Trinajstić information content (AvgIpc) is 3.14. The summed E-state index contributed by atoms with van der Waals surface area (Å²) in [7, 11) is 1.98. The zero-order chi connectivity index (χ0) is 20.6. The largest absolute Gasteiger partial charge is 0.393 e. The number of hydrogen-bond donors (Lipinski definition) is 2. The van der Waals surface area contributed by atoms with Gasteiger partial charge in [-0.3, -0.25) is 4.68 Å². The van der Waals surface area contributed by atoms with E-state index in [-0.39, 0.29) is 17.6 Å². The van der Waals surface area contributed by atoms with E-state index < -0.39 is 0 Å². The van der Waals surface area contributed by atoms with Gasteiger partial charge in [-0.1, -0.05) is 13.8 Å². The van der Waals surface area contributed by atoms with Gasteiger partial charge in [0.25, 0.3) is 0 Å². The van der Waals surface area contributed by atoms with Crippen LogP contribution in [0.1, 0.15) is 76.5 Å². The molecule has 5 rings (SSSR count). The molecule has 0 bridgehead atoms. The Morgan fingerprint density at radius 2 is 1.83 bits per heavy atom. The molecule has 4 heteroatoms. The molecule has 1 aromatic rings. The van der Waals surface area contributed by atoms with E-state index in [1.807, 2.05) is 17.9 Å². The van der Waals surface area contributed by atoms with Crippen molar-refractivity contribution >= 4 is 6.08 Å². The van der Waals surface area contributed by atoms with Crippen LogP contribution in [-0.2, 0) is 7.05 Å². The highest BCUT2D eigenvalue weighted by atomic mass is 16.3. The van der Waals surface area contributed by atoms with Gasteiger partial charge in [0.05, 0.1) is 18.4 Å². The third-order valence-electron chi connectivity index (χ3n) is 10.1. The lowest BCUT2D eigenvalue weighted by molar-refractivity contribution is -0.133. The molecule has 1 aromatic heterocycles. The Morgan fingerprint density at radius 3 is 2.55 bits per heavy atom. The standard InChI is InChI=1S/C25H38N2O2/c1-15-17(14-26-27(15)4)11-16-12-22-20-6-5-18-13-19(28)7-9-24(18,2)21(20)8-10-25(22,3)23(16)29/h11,14,18-23,28-29H,5-10,12-13H2,1-4H3/b16-11-/t18-,19-,20-,21+,22+,23-,24-,25+/m0/s1. The zero-order valence-electron chi connectivity index (χ0n) is 18.6. The Hall–Kier alpha value is -1.13. The number of hydrogen-bond acceptors (Lipinski definition) is 3. The molecule has 1 heterocycles. The number of aliphatic hydroxyl groups excluding tert-OH is 2. The molecule has 160 valence electrons. The average molecular weight is 399 g/mol. The first-order chi connectivity index (χ1) is 13.7. The molecule has 0 radical (unpaired) electrons. The molecule has 0 amide bonds. The summed E-state index contributed by atoms with van der Waals surface area (Å²) in [6.45, 7) is 6.99. The summed E-state index contributed by atoms with van der Waals surface area (Å²) in [6.07, 6.45) is 12.9. The molecule has 29 heavy (non-hydrogen) atoms. The Morgan fingerprint density at radius 1 is 1.07 bits per heavy atom. The SMILES string of the molecule is Cc1c(/C=C2/C[C@@H]3[C@H]4CC[C@H]5C[C@@H](O)CC[C@]5(C)[C@@H]4CC[C@@]3(C)[C@H]2O)cnn1C. The van der Waals surface area contributed by atoms with E-state index in [2.05, 4.69) is 31.9 Å². The van der Waals surface area contributed by atoms with Crippen molar-refractivity contribution in [2.75, 3.05) is 0 Å². The minimum atomic E-state index is -0.327. The van der Waals surface area contributed by atoms with Gasteiger partial charge in [-0.25, -0.2) is 0 Å². The van der Waals surface area contributed by atoms with Crippen molar-refractivity contribution in [2.24, 2.45) is 41.5 Å². The molecule has 8 atom stereocenters. The molecule has 4 saturated carbocycles. The maximum Gasteiger partial charge on any atom is 0.0809 e. The van der Waals surface area contributed by atoms with Crippen LogP contribution in [0.3, 0.4) is 0 Å². The van der Waals surface area contributed by atoms with Gasteiger partial charge in [0.15, 0.2) is 0 Å². The van der Waals surface area contributed by atoms with Gasteiger partial charge in [0, 0.05) is 23.7 Å². The second kappa shape index (κ2) is 6.68. The van der Waals surface area contributed by atoms with E-state index in [0.717, 1.165) is 48.8 Å². The molecule has 4 aliphatic carbocycles. The minimum Gasteiger partial charge on any atom is -0.393 e. The summed E-state index contributed by atoms with van der Waals surface area (Å²) in [6, 6.07) is 0. The van der Waals surface area contributed by atoms with Crippen LogP contribution >= 0.6 is 0 Å². The van der Waals surface area contributed by atoms with E-state index in [4.69, 9.17) is 0 Å². The molecule has 0 saturated heterocycles. The van der Waals surface area contributed by atoms with E-state index in [0.29, 0.717) is 17.3 Å². The summed E-state index contributed by atoms with van der Waals surface area (Å²) in [5.41, 5.74) is 3.94. The summed E-state index contributed by atoms with van der Waals surface area (Å²) in [5.74, 6) is 2.76. The summed E-state index contributed by atoms with van der Waals surface area (Å²) >= 11 is 0. The number of aromatic nitrogens is 2. The first-order valence-electron chi connectivity index (χ1n) is 11.8. The topological polar surface area (TPSA) is 58.3 Å². The monoisotopic (exact) mass is 398 g/mol. The Labute approximate surface area is 175 Å². The van der Waals surface area contributed by atoms with Crippen molar-refractivity contribution in [3.63, 3.8) is 0 Å². The van der Waals surface area contributed by atoms with Crippen LogP contribution in [0.25, 0.3) is 6.08 Å². The van der Waals surface area contributed by atoms with E-state index in [1.54, 1.807) is 0 Å². The van der Waals surface area contributed by atoms with E-state index in [1.165, 1.54) is 31.3 Å². The van der Waals surface area contributed by atoms with Crippen molar-refractivity contribution in [1.29, 1.82) is 0 Å². The van der Waals surface area contributed by atoms with Crippen LogP contribution in [0.15, 0.2) is 11.8 Å². The summed E-state index contributed by atoms with van der Waals surface area (Å²) in [5, 5.41) is 26.0. The number of rotatable bonds is 1. The fraction of sp³-hybridized carbons (Fsp3) is 0.800. The Kier molecular flexibility index (Phi) is 4.57. The first-order valence-corrected chi connectivity index (χ1v) is 11.8. The lowest BCUT2D eigenvalue weighted by atomic mass is 9.45. The number of aryl methyl sites for hydroxylation is 1. The van der Waals surface area contributed by atoms with Gasteiger partial charge in [-0.15, -0.1) is 0 Å². The maximum atomic E-state index is 11.4. The van der Waals surface area contributed by atoms with Crippen molar-refractivity contribution in [3.05, 3.63) is 23.0 Å². The molecular formula is C25H38N2O2. The first kappa shape index (κ1) is 19.8. The van der Waals surface area contributed by atoms with Crippen molar-refractivity contribution in [1.82, 2.24) is 9.78 Å². The Balaban J connectivity index is 1.45. The van der Waals surface area contributed by atoms with Crippen LogP contribution in [0.5, 0.6) is 0 Å². The zero-order valence-corrected chi connectivity index (χ0v) is 18.6. The number of nitrogens with zero attached hydrogens (tertiary/aromatic N) is 2. The van der Waals surface area contributed by atoms with E-state index >= 15 is 0 Å². The number of fused-ring (bicyclic) bond motifs is 5. The van der Waals surface area contributed by atoms with Gasteiger partial charge >= 0.3 is 0 Å². The van der Waals surface area contributed by atoms with Gasteiger partial charge < -0.3 is 10.2 Å². The van der Waals surface area contributed by atoms with Crippen molar-refractivity contribution < 1.29 is 10.2 Å². The van der Waals surface area contributed by atoms with Gasteiger partial charge in [0.1, 0.15) is 0 Å². The highest BCUT2D eigenvalue weighted by Crippen LogP contribution is 2.67. The number of aliphatic hydroxyl groups is 2. The molecule has 4 nitrogen and oxygen atoms in total. The molecule has 2 N–H and O–H groups in total. The Bertz CT molecular complexity index is 829. The highest BCUT2D eigenvalue weighted by molar-refractivity contribution is 5.57. The van der Waals surface area contributed by atoms with Crippen LogP contribution in [0, 0.1) is 41.4 Å². The molecule has 4 aliphatic rings. The minimum absolute atomic E-state index is 0.0144. The van der Waals surface area contributed by atoms with Crippen LogP contribution in [0.4, 0.5) is 0 Å². The fourth-order valence-corrected chi connectivity index (χ4v) is 8.09. The van der Waals surface area contributed by atoms with Gasteiger partial charge in [0.2, 0.25) is 0 Å². The van der Waals surface area contributed by atoms with Crippen molar-refractivity contribution in [3.8, 4) is 0 Å². The second-order valence-corrected chi connectivity index (χ2v) is 11.3. The normalized spacial score (nSPS) is 48.3. The maximum absolute atomic E-state index is 11.4. The molecule has 0 unspecified atom stereocenters. The second-order valence-electron chi connectivity index (χ2n) is 11.3. The molecule has 0 spiro atoms. The van der Waals surface area contributed by atoms with Gasteiger partial charge in [-0.2, -0.15) is 5.10 Å². The van der Waals surface area contributed by atoms with E-state index in [9.17, 15) is 10.2 Å². The molecular weight excluding hydrogens is 360 g/mol. The molecule has 0 aromatic carbocycles. The van der Waals surface area contributed by atoms with Crippen LogP contribution in [-0.4, -0.2) is 32.2 Å². The van der Waals surface area contributed by atoms with Crippen LogP contribution in [0.2, 0.25) is 0 Å². The third kappa shape index (κ3) is 2.81. The smallest absolute Gasteiger partial charge is 0.0809 e. The molecule has 4 fully saturated rings. The quantitative estimate of drug-likeness (QED) is 0.733. The highest BCUT2D eigenvalue weighted by Gasteiger charge is 2.61.